The van der Waals surface area contributed by atoms with Crippen molar-refractivity contribution in [2.45, 2.75) is 147 Å². The molecule has 0 saturated carbocycles. The van der Waals surface area contributed by atoms with Gasteiger partial charge < -0.3 is 27.9 Å². The van der Waals surface area contributed by atoms with Crippen molar-refractivity contribution in [2.24, 2.45) is 0 Å². The minimum atomic E-state index is -3.03. The number of halogens is 4. The highest BCUT2D eigenvalue weighted by atomic mass is 28.4. The summed E-state index contributed by atoms with van der Waals surface area (Å²) < 4.78 is 85.9. The maximum Gasteiger partial charge on any atom is 0.348 e. The lowest BCUT2D eigenvalue weighted by molar-refractivity contribution is -0.151. The van der Waals surface area contributed by atoms with E-state index in [0.29, 0.717) is 18.4 Å². The Morgan fingerprint density at radius 2 is 0.608 bits per heavy atom. The normalized spacial score (nSPS) is 13.1. The molecule has 0 spiro atoms. The van der Waals surface area contributed by atoms with Gasteiger partial charge in [-0.3, -0.25) is 19.2 Å². The van der Waals surface area contributed by atoms with E-state index in [1.807, 2.05) is 133 Å². The van der Waals surface area contributed by atoms with Gasteiger partial charge in [-0.15, -0.1) is 0 Å². The Morgan fingerprint density at radius 1 is 0.363 bits per heavy atom. The topological polar surface area (TPSA) is 152 Å². The molecule has 9 aromatic rings. The van der Waals surface area contributed by atoms with Crippen LogP contribution in [0.1, 0.15) is 142 Å². The quantitative estimate of drug-likeness (QED) is 0.0216. The van der Waals surface area contributed by atoms with Gasteiger partial charge >= 0.3 is 17.9 Å². The number of ketones is 2. The predicted octanol–water partition coefficient (Wildman–Crippen LogP) is 16.0. The first-order valence-electron chi connectivity index (χ1n) is 34.2. The predicted molar refractivity (Wildman–Crippen MR) is 402 cm³/mol. The van der Waals surface area contributed by atoms with E-state index >= 15 is 0 Å². The molecule has 11 nitrogen and oxygen atoms in total. The maximum atomic E-state index is 14.2. The lowest BCUT2D eigenvalue weighted by Crippen LogP contribution is -2.66. The second-order valence-electron chi connectivity index (χ2n) is 28.1. The van der Waals surface area contributed by atoms with Gasteiger partial charge in [-0.05, 0) is 119 Å². The summed E-state index contributed by atoms with van der Waals surface area (Å²) in [6.07, 6.45) is -3.53. The summed E-state index contributed by atoms with van der Waals surface area (Å²) in [4.78, 5) is 59.5. The molecule has 0 aliphatic heterocycles. The van der Waals surface area contributed by atoms with E-state index in [-0.39, 0.29) is 64.6 Å². The number of carbonyl (C=O) groups excluding carboxylic acids is 4. The van der Waals surface area contributed by atoms with Crippen molar-refractivity contribution < 1.29 is 69.4 Å². The van der Waals surface area contributed by atoms with E-state index in [1.54, 1.807) is 36.4 Å². The second-order valence-corrected chi connectivity index (χ2v) is 40.9. The van der Waals surface area contributed by atoms with Crippen LogP contribution in [0.25, 0.3) is 0 Å². The van der Waals surface area contributed by atoms with Gasteiger partial charge in [0.05, 0.1) is 32.5 Å². The average Bonchev–Trinajstić information content (AvgIpc) is 0.756. The first-order valence-corrected chi connectivity index (χ1v) is 39.9. The SMILES string of the molecule is CC(C)(C)[Si](OC(CCC(=O)O)c1ccc(F)cc1)(c1ccccc1)c1ccccc1.COC(=O)C(F)C(=O)CCC(O[Si](c1ccccc1)(c1ccccc1)C(C)(C)C)c1ccc(F)cc1.COC(=O)CC(=O)CCC(O[Si](c1ccccc1)(c1ccccc1)C(C)(C)C)c1ccc(F)cc1. The molecule has 102 heavy (non-hydrogen) atoms. The van der Waals surface area contributed by atoms with Crippen LogP contribution in [0.2, 0.25) is 15.1 Å². The standard InChI is InChI=1S/C29H32F2O4Si.C29H33FO4Si.C26H29FO3Si/c1-29(2,3)36(23-11-7-5-8-12-23,24-13-9-6-10-14-24)35-26(21-15-17-22(30)18-16-21)20-19-25(32)27(31)28(33)34-4;1-29(2,3)35(25-11-7-5-8-12-25,26-13-9-6-10-14-26)34-27(22-15-17-23(30)18-16-22)20-19-24(31)21-28(32)33-4;1-26(2,3)31(22-10-6-4-7-11-22,23-12-8-5-9-13-23)30-24(18-19-25(28)29)20-14-16-21(27)17-15-20/h5-18,26-27H,19-20H2,1-4H3;5-18,27H,19-21H2,1-4H3;4-17,24H,18-19H2,1-3H3,(H,28,29). The third-order valence-electron chi connectivity index (χ3n) is 18.2. The van der Waals surface area contributed by atoms with Crippen molar-refractivity contribution >= 4 is 85.5 Å². The zero-order valence-electron chi connectivity index (χ0n) is 60.0. The first-order chi connectivity index (χ1) is 48.5. The molecule has 0 aliphatic carbocycles. The number of carboxylic acids is 1. The number of carboxylic acid groups (broad SMARTS) is 1. The number of aliphatic carboxylic acids is 1. The summed E-state index contributed by atoms with van der Waals surface area (Å²) in [5, 5.41) is 15.1. The van der Waals surface area contributed by atoms with E-state index in [1.165, 1.54) is 43.5 Å². The third-order valence-corrected chi connectivity index (χ3v) is 33.3. The van der Waals surface area contributed by atoms with Crippen LogP contribution in [-0.2, 0) is 46.7 Å². The first kappa shape index (κ1) is 80.3. The molecule has 0 fully saturated rings. The summed E-state index contributed by atoms with van der Waals surface area (Å²) in [5.74, 6) is -4.79. The van der Waals surface area contributed by atoms with Gasteiger partial charge in [0.25, 0.3) is 31.1 Å². The van der Waals surface area contributed by atoms with Crippen LogP contribution in [0.4, 0.5) is 17.6 Å². The van der Waals surface area contributed by atoms with Gasteiger partial charge in [0.15, 0.2) is 5.78 Å². The maximum absolute atomic E-state index is 14.2. The summed E-state index contributed by atoms with van der Waals surface area (Å²) in [7, 11) is -6.51. The molecular formula is C84H94F4O11Si3. The van der Waals surface area contributed by atoms with Crippen molar-refractivity contribution in [2.75, 3.05) is 14.2 Å². The van der Waals surface area contributed by atoms with Gasteiger partial charge in [-0.2, -0.15) is 0 Å². The van der Waals surface area contributed by atoms with Gasteiger partial charge in [-0.1, -0.05) is 281 Å². The smallest absolute Gasteiger partial charge is 0.348 e. The number of hydrogen-bond acceptors (Lipinski definition) is 10. The van der Waals surface area contributed by atoms with Gasteiger partial charge in [0.1, 0.15) is 29.7 Å². The van der Waals surface area contributed by atoms with Crippen molar-refractivity contribution in [3.8, 4) is 0 Å². The minimum absolute atomic E-state index is 0.0275. The summed E-state index contributed by atoms with van der Waals surface area (Å²) in [6, 6.07) is 79.2. The zero-order valence-corrected chi connectivity index (χ0v) is 63.0. The fraction of sp³-hybridized carbons (Fsp3) is 0.298. The molecule has 18 heteroatoms. The molecule has 0 amide bonds. The molecule has 4 unspecified atom stereocenters. The highest BCUT2D eigenvalue weighted by Crippen LogP contribution is 2.44. The van der Waals surface area contributed by atoms with Crippen molar-refractivity contribution in [1.29, 1.82) is 0 Å². The van der Waals surface area contributed by atoms with E-state index in [2.05, 4.69) is 120 Å². The molecule has 0 aromatic heterocycles. The minimum Gasteiger partial charge on any atom is -0.481 e. The Kier molecular flexibility index (Phi) is 28.9. The molecule has 0 bridgehead atoms. The third kappa shape index (κ3) is 20.4. The Balaban J connectivity index is 0.000000215. The average molecular weight is 1440 g/mol. The Morgan fingerprint density at radius 3 is 0.833 bits per heavy atom. The zero-order chi connectivity index (χ0) is 74.3. The fourth-order valence-electron chi connectivity index (χ4n) is 13.1. The molecule has 0 heterocycles. The molecule has 1 N–H and O–H groups in total. The van der Waals surface area contributed by atoms with Crippen molar-refractivity contribution in [3.05, 3.63) is 289 Å². The molecule has 536 valence electrons. The number of alkyl halides is 1. The summed E-state index contributed by atoms with van der Waals surface area (Å²) in [6.45, 7) is 19.5. The lowest BCUT2D eigenvalue weighted by Gasteiger charge is -2.45. The molecule has 0 radical (unpaired) electrons. The van der Waals surface area contributed by atoms with Gasteiger partial charge in [-0.25, -0.2) is 22.4 Å². The van der Waals surface area contributed by atoms with Gasteiger partial charge in [0, 0.05) is 19.3 Å². The van der Waals surface area contributed by atoms with Crippen LogP contribution < -0.4 is 31.1 Å². The fourth-order valence-corrected chi connectivity index (χ4v) is 27.2. The molecule has 4 atom stereocenters. The number of carbonyl (C=O) groups is 5. The number of ether oxygens (including phenoxy) is 2. The van der Waals surface area contributed by atoms with Crippen LogP contribution in [0, 0.1) is 17.5 Å². The Bertz CT molecular complexity index is 3970. The van der Waals surface area contributed by atoms with Crippen molar-refractivity contribution in [1.82, 2.24) is 0 Å². The highest BCUT2D eigenvalue weighted by molar-refractivity contribution is 7.00. The van der Waals surface area contributed by atoms with Crippen LogP contribution >= 0.6 is 0 Å². The largest absolute Gasteiger partial charge is 0.481 e. The molecule has 9 aromatic carbocycles. The van der Waals surface area contributed by atoms with Crippen molar-refractivity contribution in [3.63, 3.8) is 0 Å². The number of Topliss-reactive ketones (excluding diaryl/α,β-unsaturated/α-hetero) is 2. The number of benzene rings is 9. The van der Waals surface area contributed by atoms with E-state index in [0.717, 1.165) is 49.4 Å². The molecule has 0 aliphatic rings. The number of hydrogen-bond donors (Lipinski definition) is 1. The number of methoxy groups -OCH3 is 2. The summed E-state index contributed by atoms with van der Waals surface area (Å²) >= 11 is 0. The molecular weight excluding hydrogens is 1350 g/mol. The van der Waals surface area contributed by atoms with E-state index in [9.17, 15) is 46.6 Å². The van der Waals surface area contributed by atoms with Crippen LogP contribution in [0.15, 0.2) is 255 Å². The number of rotatable bonds is 28. The van der Waals surface area contributed by atoms with E-state index < -0.39 is 78.9 Å². The molecule has 9 rings (SSSR count). The second kappa shape index (κ2) is 36.7. The summed E-state index contributed by atoms with van der Waals surface area (Å²) in [5.41, 5.74) is 2.26. The van der Waals surface area contributed by atoms with Crippen LogP contribution in [0.3, 0.4) is 0 Å². The lowest BCUT2D eigenvalue weighted by atomic mass is 10.0. The van der Waals surface area contributed by atoms with Crippen LogP contribution in [-0.4, -0.2) is 79.9 Å². The Hall–Kier alpha value is -9.02. The highest BCUT2D eigenvalue weighted by Gasteiger charge is 2.54. The Labute approximate surface area is 601 Å². The number of esters is 2. The molecule has 0 saturated heterocycles. The monoisotopic (exact) mass is 1440 g/mol. The van der Waals surface area contributed by atoms with Gasteiger partial charge in [0.2, 0.25) is 0 Å². The van der Waals surface area contributed by atoms with E-state index in [4.69, 9.17) is 13.3 Å². The van der Waals surface area contributed by atoms with Crippen LogP contribution in [0.5, 0.6) is 0 Å².